The minimum Gasteiger partial charge on any atom is -0.369 e. The van der Waals surface area contributed by atoms with Gasteiger partial charge < -0.3 is 10.1 Å². The molecule has 0 amide bonds. The van der Waals surface area contributed by atoms with E-state index < -0.39 is 0 Å². The molecule has 0 aliphatic heterocycles. The van der Waals surface area contributed by atoms with Crippen molar-refractivity contribution in [1.82, 2.24) is 5.32 Å². The van der Waals surface area contributed by atoms with Crippen LogP contribution >= 0.6 is 0 Å². The summed E-state index contributed by atoms with van der Waals surface area (Å²) < 4.78 is 6.26. The molecule has 1 fully saturated rings. The molecule has 18 heavy (non-hydrogen) atoms. The Labute approximate surface area is 111 Å². The van der Waals surface area contributed by atoms with Crippen LogP contribution in [-0.4, -0.2) is 18.2 Å². The first-order valence-corrected chi connectivity index (χ1v) is 7.11. The number of hydrogen-bond acceptors (Lipinski definition) is 2. The zero-order valence-corrected chi connectivity index (χ0v) is 11.6. The molecule has 0 radical (unpaired) electrons. The molecule has 0 saturated heterocycles. The van der Waals surface area contributed by atoms with E-state index in [2.05, 4.69) is 49.5 Å². The Morgan fingerprint density at radius 3 is 2.44 bits per heavy atom. The summed E-state index contributed by atoms with van der Waals surface area (Å²) in [5, 5.41) is 3.54. The van der Waals surface area contributed by atoms with Crippen molar-refractivity contribution in [1.29, 1.82) is 0 Å². The van der Waals surface area contributed by atoms with E-state index in [-0.39, 0.29) is 5.60 Å². The van der Waals surface area contributed by atoms with E-state index in [0.29, 0.717) is 6.04 Å². The lowest BCUT2D eigenvalue weighted by Crippen LogP contribution is -2.43. The van der Waals surface area contributed by atoms with Crippen molar-refractivity contribution < 1.29 is 4.74 Å². The molecule has 1 saturated carbocycles. The van der Waals surface area contributed by atoms with Crippen molar-refractivity contribution in [3.63, 3.8) is 0 Å². The Balaban J connectivity index is 1.90. The Kier molecular flexibility index (Phi) is 4.79. The number of ether oxygens (including phenoxy) is 1. The molecule has 0 bridgehead atoms. The van der Waals surface area contributed by atoms with Crippen LogP contribution in [0.25, 0.3) is 0 Å². The predicted molar refractivity (Wildman–Crippen MR) is 75.6 cm³/mol. The third kappa shape index (κ3) is 3.82. The van der Waals surface area contributed by atoms with Gasteiger partial charge in [0.15, 0.2) is 0 Å². The normalized spacial score (nSPS) is 18.4. The Morgan fingerprint density at radius 2 is 1.83 bits per heavy atom. The van der Waals surface area contributed by atoms with E-state index in [1.54, 1.807) is 0 Å². The highest BCUT2D eigenvalue weighted by molar-refractivity contribution is 5.13. The average Bonchev–Trinajstić information content (AvgIpc) is 2.85. The Hall–Kier alpha value is -0.860. The Bertz CT molecular complexity index is 341. The monoisotopic (exact) mass is 247 g/mol. The van der Waals surface area contributed by atoms with Gasteiger partial charge in [0, 0.05) is 12.6 Å². The molecule has 2 heteroatoms. The molecule has 1 N–H and O–H groups in total. The summed E-state index contributed by atoms with van der Waals surface area (Å²) in [5.41, 5.74) is 1.34. The minimum atomic E-state index is 0.0696. The predicted octanol–water partition coefficient (Wildman–Crippen LogP) is 3.51. The molecule has 2 nitrogen and oxygen atoms in total. The van der Waals surface area contributed by atoms with Crippen LogP contribution in [-0.2, 0) is 11.3 Å². The van der Waals surface area contributed by atoms with Gasteiger partial charge in [-0.3, -0.25) is 0 Å². The molecule has 0 aromatic heterocycles. The van der Waals surface area contributed by atoms with E-state index in [0.717, 1.165) is 13.2 Å². The molecule has 1 aliphatic rings. The van der Waals surface area contributed by atoms with Crippen molar-refractivity contribution >= 4 is 0 Å². The zero-order chi connectivity index (χ0) is 12.8. The third-order valence-electron chi connectivity index (χ3n) is 3.74. The molecule has 0 unspecified atom stereocenters. The van der Waals surface area contributed by atoms with Crippen LogP contribution in [0.1, 0.15) is 45.1 Å². The van der Waals surface area contributed by atoms with E-state index in [4.69, 9.17) is 4.74 Å². The van der Waals surface area contributed by atoms with Gasteiger partial charge in [-0.1, -0.05) is 57.0 Å². The van der Waals surface area contributed by atoms with Gasteiger partial charge in [0.2, 0.25) is 0 Å². The van der Waals surface area contributed by atoms with E-state index in [1.807, 2.05) is 0 Å². The minimum absolute atomic E-state index is 0.0696. The summed E-state index contributed by atoms with van der Waals surface area (Å²) in [7, 11) is 0. The second-order valence-electron chi connectivity index (χ2n) is 5.70. The van der Waals surface area contributed by atoms with Crippen LogP contribution in [0.5, 0.6) is 0 Å². The summed E-state index contributed by atoms with van der Waals surface area (Å²) in [6, 6.07) is 11.0. The molecular formula is C16H25NO. The van der Waals surface area contributed by atoms with Crippen LogP contribution in [0.3, 0.4) is 0 Å². The van der Waals surface area contributed by atoms with Crippen molar-refractivity contribution in [2.45, 2.75) is 57.8 Å². The van der Waals surface area contributed by atoms with Crippen LogP contribution in [0.2, 0.25) is 0 Å². The zero-order valence-electron chi connectivity index (χ0n) is 11.6. The molecule has 0 heterocycles. The van der Waals surface area contributed by atoms with Crippen LogP contribution in [0.4, 0.5) is 0 Å². The summed E-state index contributed by atoms with van der Waals surface area (Å²) >= 11 is 0. The summed E-state index contributed by atoms with van der Waals surface area (Å²) in [5.74, 6) is 0. The van der Waals surface area contributed by atoms with Crippen molar-refractivity contribution in [3.05, 3.63) is 35.9 Å². The highest BCUT2D eigenvalue weighted by Gasteiger charge is 2.34. The quantitative estimate of drug-likeness (QED) is 0.830. The van der Waals surface area contributed by atoms with E-state index in [9.17, 15) is 0 Å². The topological polar surface area (TPSA) is 21.3 Å². The van der Waals surface area contributed by atoms with Crippen LogP contribution in [0, 0.1) is 0 Å². The van der Waals surface area contributed by atoms with Crippen LogP contribution < -0.4 is 5.32 Å². The highest BCUT2D eigenvalue weighted by Crippen LogP contribution is 2.33. The maximum absolute atomic E-state index is 6.26. The lowest BCUT2D eigenvalue weighted by Gasteiger charge is -2.31. The van der Waals surface area contributed by atoms with E-state index >= 15 is 0 Å². The number of rotatable bonds is 6. The molecule has 1 aliphatic carbocycles. The molecule has 1 aromatic rings. The van der Waals surface area contributed by atoms with Gasteiger partial charge in [-0.25, -0.2) is 0 Å². The number of nitrogens with one attached hydrogen (secondary N) is 1. The first-order valence-electron chi connectivity index (χ1n) is 7.11. The molecule has 0 spiro atoms. The first kappa shape index (κ1) is 13.6. The van der Waals surface area contributed by atoms with Gasteiger partial charge in [0.25, 0.3) is 0 Å². The fourth-order valence-corrected chi connectivity index (χ4v) is 2.59. The summed E-state index contributed by atoms with van der Waals surface area (Å²) in [6.07, 6.45) is 4.99. The second-order valence-corrected chi connectivity index (χ2v) is 5.70. The van der Waals surface area contributed by atoms with Crippen LogP contribution in [0.15, 0.2) is 30.3 Å². The molecular weight excluding hydrogens is 222 g/mol. The van der Waals surface area contributed by atoms with Gasteiger partial charge in [-0.15, -0.1) is 0 Å². The molecule has 2 rings (SSSR count). The fraction of sp³-hybridized carbons (Fsp3) is 0.625. The smallest absolute Gasteiger partial charge is 0.0810 e. The average molecular weight is 247 g/mol. The largest absolute Gasteiger partial charge is 0.369 e. The summed E-state index contributed by atoms with van der Waals surface area (Å²) in [6.45, 7) is 6.11. The SMILES string of the molecule is CC(C)NCC1(OCc2ccccc2)CCCC1. The Morgan fingerprint density at radius 1 is 1.17 bits per heavy atom. The summed E-state index contributed by atoms with van der Waals surface area (Å²) in [4.78, 5) is 0. The van der Waals surface area contributed by atoms with Crippen molar-refractivity contribution in [2.24, 2.45) is 0 Å². The lowest BCUT2D eigenvalue weighted by atomic mass is 10.0. The van der Waals surface area contributed by atoms with Gasteiger partial charge in [-0.05, 0) is 18.4 Å². The standard InChI is InChI=1S/C16H25NO/c1-14(2)17-13-16(10-6-7-11-16)18-12-15-8-4-3-5-9-15/h3-5,8-9,14,17H,6-7,10-13H2,1-2H3. The van der Waals surface area contributed by atoms with Gasteiger partial charge in [0.1, 0.15) is 0 Å². The van der Waals surface area contributed by atoms with Crippen molar-refractivity contribution in [2.75, 3.05) is 6.54 Å². The maximum atomic E-state index is 6.26. The van der Waals surface area contributed by atoms with E-state index in [1.165, 1.54) is 31.2 Å². The molecule has 0 atom stereocenters. The molecule has 100 valence electrons. The van der Waals surface area contributed by atoms with Gasteiger partial charge >= 0.3 is 0 Å². The number of benzene rings is 1. The van der Waals surface area contributed by atoms with Crippen molar-refractivity contribution in [3.8, 4) is 0 Å². The number of hydrogen-bond donors (Lipinski definition) is 1. The lowest BCUT2D eigenvalue weighted by molar-refractivity contribution is -0.0514. The van der Waals surface area contributed by atoms with Gasteiger partial charge in [0.05, 0.1) is 12.2 Å². The fourth-order valence-electron chi connectivity index (χ4n) is 2.59. The van der Waals surface area contributed by atoms with Gasteiger partial charge in [-0.2, -0.15) is 0 Å². The molecule has 1 aromatic carbocycles. The third-order valence-corrected chi connectivity index (χ3v) is 3.74. The second kappa shape index (κ2) is 6.35. The maximum Gasteiger partial charge on any atom is 0.0810 e. The highest BCUT2D eigenvalue weighted by atomic mass is 16.5. The first-order chi connectivity index (χ1) is 8.70.